The zero-order chi connectivity index (χ0) is 41.7. The molecular weight excluding hydrogens is 745 g/mol. The monoisotopic (exact) mass is 824 g/mol. The molecule has 0 aliphatic heterocycles. The van der Waals surface area contributed by atoms with E-state index in [1.165, 1.54) is 49.7 Å². The molecular formula is C45H78NO10P. The van der Waals surface area contributed by atoms with Gasteiger partial charge < -0.3 is 28.1 Å². The van der Waals surface area contributed by atoms with Crippen LogP contribution in [0, 0.1) is 13.8 Å². The van der Waals surface area contributed by atoms with E-state index in [-0.39, 0.29) is 26.1 Å². The number of hydrogen-bond acceptors (Lipinski definition) is 10. The lowest BCUT2D eigenvalue weighted by Gasteiger charge is -2.20. The Morgan fingerprint density at radius 2 is 1.11 bits per heavy atom. The van der Waals surface area contributed by atoms with Crippen molar-refractivity contribution < 1.29 is 46.4 Å². The van der Waals surface area contributed by atoms with Crippen molar-refractivity contribution in [3.63, 3.8) is 0 Å². The Hall–Kier alpha value is -2.43. The quantitative estimate of drug-likeness (QED) is 0.0399. The van der Waals surface area contributed by atoms with E-state index < -0.39 is 32.5 Å². The minimum Gasteiger partial charge on any atom is -0.466 e. The number of unbranched alkanes of at least 4 members (excludes halogenated alkanes) is 14. The Morgan fingerprint density at radius 1 is 0.649 bits per heavy atom. The zero-order valence-corrected chi connectivity index (χ0v) is 37.4. The lowest BCUT2D eigenvalue weighted by Crippen LogP contribution is -2.29. The van der Waals surface area contributed by atoms with Crippen LogP contribution in [-0.4, -0.2) is 68.3 Å². The van der Waals surface area contributed by atoms with Gasteiger partial charge in [-0.15, -0.1) is 0 Å². The Labute approximate surface area is 344 Å². The lowest BCUT2D eigenvalue weighted by molar-refractivity contribution is -0.161. The molecule has 1 N–H and O–H groups in total. The van der Waals surface area contributed by atoms with Crippen LogP contribution in [0.3, 0.4) is 0 Å². The largest absolute Gasteiger partial charge is 0.472 e. The highest BCUT2D eigenvalue weighted by atomic mass is 31.2. The molecule has 0 bridgehead atoms. The number of nitrogens with zero attached hydrogens (tertiary/aromatic N) is 1. The lowest BCUT2D eigenvalue weighted by atomic mass is 10.1. The van der Waals surface area contributed by atoms with E-state index in [9.17, 15) is 19.0 Å². The third kappa shape index (κ3) is 24.9. The van der Waals surface area contributed by atoms with E-state index in [4.69, 9.17) is 27.4 Å². The topological polar surface area (TPSA) is 138 Å². The van der Waals surface area contributed by atoms with Crippen LogP contribution in [0.4, 0.5) is 0 Å². The van der Waals surface area contributed by atoms with E-state index in [0.29, 0.717) is 19.4 Å². The van der Waals surface area contributed by atoms with Gasteiger partial charge in [-0.25, -0.2) is 4.57 Å². The first kappa shape index (κ1) is 50.7. The Balaban J connectivity index is 1.65. The number of furan rings is 2. The van der Waals surface area contributed by atoms with Gasteiger partial charge in [-0.05, 0) is 89.7 Å². The highest BCUT2D eigenvalue weighted by Gasteiger charge is 2.26. The summed E-state index contributed by atoms with van der Waals surface area (Å²) >= 11 is 0. The molecule has 0 saturated heterocycles. The second-order valence-electron chi connectivity index (χ2n) is 16.0. The molecule has 0 spiro atoms. The average molecular weight is 824 g/mol. The van der Waals surface area contributed by atoms with Crippen LogP contribution in [0.2, 0.25) is 0 Å². The number of carbonyl (C=O) groups excluding carboxylic acids is 2. The van der Waals surface area contributed by atoms with E-state index in [0.717, 1.165) is 113 Å². The number of phosphoric ester groups is 1. The van der Waals surface area contributed by atoms with E-state index in [1.807, 2.05) is 19.0 Å². The minimum atomic E-state index is -4.39. The normalized spacial score (nSPS) is 13.3. The molecule has 0 aromatic carbocycles. The van der Waals surface area contributed by atoms with Gasteiger partial charge in [0.2, 0.25) is 0 Å². The van der Waals surface area contributed by atoms with Crippen molar-refractivity contribution in [3.8, 4) is 0 Å². The maximum Gasteiger partial charge on any atom is 0.472 e. The third-order valence-corrected chi connectivity index (χ3v) is 11.2. The van der Waals surface area contributed by atoms with Crippen molar-refractivity contribution >= 4 is 19.8 Å². The van der Waals surface area contributed by atoms with Gasteiger partial charge in [0.05, 0.1) is 13.2 Å². The number of rotatable bonds is 36. The summed E-state index contributed by atoms with van der Waals surface area (Å²) in [4.78, 5) is 37.2. The summed E-state index contributed by atoms with van der Waals surface area (Å²) in [6.07, 6.45) is 22.4. The maximum atomic E-state index is 12.7. The summed E-state index contributed by atoms with van der Waals surface area (Å²) in [5.74, 6) is 3.57. The SMILES string of the molecule is CCCCCc1cc(C)c(CCCCCCCCC(=O)OC[C@H](COP(=O)(O)OCCN(C)C)OC(=O)CCCCCCCCc2oc(CCCCC)cc2C)o1. The Kier molecular flexibility index (Phi) is 27.2. The number of aryl methyl sites for hydroxylation is 6. The summed E-state index contributed by atoms with van der Waals surface area (Å²) in [6.45, 7) is 8.41. The molecule has 2 aromatic heterocycles. The van der Waals surface area contributed by atoms with Crippen molar-refractivity contribution in [2.45, 2.75) is 188 Å². The van der Waals surface area contributed by atoms with Crippen LogP contribution in [0.25, 0.3) is 0 Å². The minimum absolute atomic E-state index is 0.00749. The highest BCUT2D eigenvalue weighted by molar-refractivity contribution is 7.47. The van der Waals surface area contributed by atoms with E-state index in [2.05, 4.69) is 39.8 Å². The highest BCUT2D eigenvalue weighted by Crippen LogP contribution is 2.43. The number of phosphoric acid groups is 1. The molecule has 0 aliphatic rings. The number of hydrogen-bond donors (Lipinski definition) is 1. The molecule has 12 heteroatoms. The van der Waals surface area contributed by atoms with Gasteiger partial charge in [0, 0.05) is 45.1 Å². The second-order valence-corrected chi connectivity index (χ2v) is 17.4. The van der Waals surface area contributed by atoms with Gasteiger partial charge in [-0.1, -0.05) is 90.9 Å². The second kappa shape index (κ2) is 30.6. The van der Waals surface area contributed by atoms with Crippen LogP contribution in [0.5, 0.6) is 0 Å². The van der Waals surface area contributed by atoms with Crippen LogP contribution < -0.4 is 0 Å². The summed E-state index contributed by atoms with van der Waals surface area (Å²) in [5.41, 5.74) is 2.50. The molecule has 0 radical (unpaired) electrons. The van der Waals surface area contributed by atoms with Gasteiger partial charge in [0.1, 0.15) is 29.6 Å². The van der Waals surface area contributed by atoms with Crippen LogP contribution >= 0.6 is 7.82 Å². The van der Waals surface area contributed by atoms with Gasteiger partial charge in [-0.2, -0.15) is 0 Å². The Bertz CT molecular complexity index is 1400. The van der Waals surface area contributed by atoms with Gasteiger partial charge in [0.25, 0.3) is 0 Å². The van der Waals surface area contributed by atoms with Crippen LogP contribution in [0.15, 0.2) is 21.0 Å². The van der Waals surface area contributed by atoms with E-state index in [1.54, 1.807) is 0 Å². The molecule has 11 nitrogen and oxygen atoms in total. The molecule has 2 heterocycles. The maximum absolute atomic E-state index is 12.7. The molecule has 328 valence electrons. The van der Waals surface area contributed by atoms with Gasteiger partial charge in [-0.3, -0.25) is 18.6 Å². The van der Waals surface area contributed by atoms with Gasteiger partial charge >= 0.3 is 19.8 Å². The van der Waals surface area contributed by atoms with Crippen molar-refractivity contribution in [2.75, 3.05) is 40.5 Å². The first-order valence-corrected chi connectivity index (χ1v) is 23.7. The summed E-state index contributed by atoms with van der Waals surface area (Å²) in [6, 6.07) is 4.38. The predicted octanol–water partition coefficient (Wildman–Crippen LogP) is 11.4. The molecule has 57 heavy (non-hydrogen) atoms. The van der Waals surface area contributed by atoms with E-state index >= 15 is 0 Å². The fourth-order valence-corrected chi connectivity index (χ4v) is 7.46. The molecule has 1 unspecified atom stereocenters. The Morgan fingerprint density at radius 3 is 1.60 bits per heavy atom. The molecule has 2 aromatic rings. The predicted molar refractivity (Wildman–Crippen MR) is 227 cm³/mol. The zero-order valence-electron chi connectivity index (χ0n) is 36.5. The molecule has 2 rings (SSSR count). The summed E-state index contributed by atoms with van der Waals surface area (Å²) in [5, 5.41) is 0. The van der Waals surface area contributed by atoms with Crippen molar-refractivity contribution in [2.24, 2.45) is 0 Å². The fraction of sp³-hybridized carbons (Fsp3) is 0.778. The molecule has 0 aliphatic carbocycles. The fourth-order valence-electron chi connectivity index (χ4n) is 6.72. The molecule has 0 fully saturated rings. The average Bonchev–Trinajstić information content (AvgIpc) is 3.70. The smallest absolute Gasteiger partial charge is 0.466 e. The van der Waals surface area contributed by atoms with Crippen molar-refractivity contribution in [1.82, 2.24) is 4.90 Å². The molecule has 0 saturated carbocycles. The summed E-state index contributed by atoms with van der Waals surface area (Å²) < 4.78 is 45.8. The first-order chi connectivity index (χ1) is 27.4. The molecule has 0 amide bonds. The van der Waals surface area contributed by atoms with Gasteiger partial charge in [0.15, 0.2) is 6.10 Å². The number of ether oxygens (including phenoxy) is 2. The standard InChI is InChI=1S/C45H78NO10P/c1-7-9-19-25-39-33-37(3)42(54-39)27-21-15-11-13-17-23-29-44(47)51-35-41(36-53-57(49,50)52-32-31-46(5)6)56-45(48)30-24-18-14-12-16-22-28-43-38(4)34-40(55-43)26-20-10-8-2/h33-34,41H,7-32,35-36H2,1-6H3,(H,49,50)/t41-/m1/s1. The third-order valence-electron chi connectivity index (χ3n) is 10.2. The van der Waals surface area contributed by atoms with Crippen LogP contribution in [0.1, 0.15) is 176 Å². The number of esters is 2. The number of likely N-dealkylation sites (N-methyl/N-ethyl adjacent to an activating group) is 1. The summed E-state index contributed by atoms with van der Waals surface area (Å²) in [7, 11) is -0.753. The van der Waals surface area contributed by atoms with Crippen molar-refractivity contribution in [1.29, 1.82) is 0 Å². The molecule has 2 atom stereocenters. The number of carbonyl (C=O) groups is 2. The van der Waals surface area contributed by atoms with Crippen molar-refractivity contribution in [3.05, 3.63) is 46.3 Å². The first-order valence-electron chi connectivity index (χ1n) is 22.2. The van der Waals surface area contributed by atoms with Crippen LogP contribution in [-0.2, 0) is 58.4 Å².